The van der Waals surface area contributed by atoms with Gasteiger partial charge in [0.2, 0.25) is 5.75 Å². The fourth-order valence-corrected chi connectivity index (χ4v) is 6.29. The predicted octanol–water partition coefficient (Wildman–Crippen LogP) is 4.39. The molecule has 2 amide bonds. The van der Waals surface area contributed by atoms with Crippen molar-refractivity contribution in [1.29, 1.82) is 0 Å². The highest BCUT2D eigenvalue weighted by Crippen LogP contribution is 2.48. The number of benzene rings is 3. The van der Waals surface area contributed by atoms with E-state index < -0.39 is 27.8 Å². The van der Waals surface area contributed by atoms with Crippen LogP contribution in [-0.2, 0) is 14.6 Å². The van der Waals surface area contributed by atoms with Crippen molar-refractivity contribution in [2.45, 2.75) is 29.9 Å². The zero-order valence-electron chi connectivity index (χ0n) is 24.5. The van der Waals surface area contributed by atoms with Gasteiger partial charge in [-0.2, -0.15) is 0 Å². The Morgan fingerprint density at radius 1 is 0.767 bits per heavy atom. The largest absolute Gasteiger partial charge is 0.493 e. The summed E-state index contributed by atoms with van der Waals surface area (Å²) in [6, 6.07) is 13.5. The molecule has 43 heavy (non-hydrogen) atoms. The van der Waals surface area contributed by atoms with Crippen molar-refractivity contribution in [3.63, 3.8) is 0 Å². The molecule has 0 saturated carbocycles. The summed E-state index contributed by atoms with van der Waals surface area (Å²) in [4.78, 5) is 26.4. The Labute approximate surface area is 250 Å². The Balaban J connectivity index is 1.37. The number of methoxy groups -OCH3 is 4. The van der Waals surface area contributed by atoms with Gasteiger partial charge in [0.25, 0.3) is 11.8 Å². The van der Waals surface area contributed by atoms with Crippen LogP contribution in [0.1, 0.15) is 56.9 Å². The summed E-state index contributed by atoms with van der Waals surface area (Å²) in [7, 11) is 2.26. The summed E-state index contributed by atoms with van der Waals surface area (Å²) >= 11 is 0. The maximum Gasteiger partial charge on any atom is 0.261 e. The summed E-state index contributed by atoms with van der Waals surface area (Å²) in [5, 5.41) is 0. The number of amides is 2. The molecule has 1 saturated heterocycles. The lowest BCUT2D eigenvalue weighted by Crippen LogP contribution is -2.33. The molecule has 0 aromatic heterocycles. The van der Waals surface area contributed by atoms with E-state index in [9.17, 15) is 18.0 Å². The van der Waals surface area contributed by atoms with Crippen molar-refractivity contribution in [3.05, 3.63) is 70.8 Å². The minimum absolute atomic E-state index is 0.00420. The molecule has 3 aromatic rings. The van der Waals surface area contributed by atoms with Crippen LogP contribution in [0.5, 0.6) is 28.7 Å². The van der Waals surface area contributed by atoms with Crippen LogP contribution in [-0.4, -0.2) is 73.0 Å². The molecule has 2 aliphatic heterocycles. The van der Waals surface area contributed by atoms with E-state index in [2.05, 4.69) is 0 Å². The zero-order valence-corrected chi connectivity index (χ0v) is 25.4. The molecule has 11 nitrogen and oxygen atoms in total. The van der Waals surface area contributed by atoms with Gasteiger partial charge in [0.05, 0.1) is 58.3 Å². The van der Waals surface area contributed by atoms with Crippen molar-refractivity contribution in [2.24, 2.45) is 0 Å². The highest BCUT2D eigenvalue weighted by Gasteiger charge is 2.36. The first-order valence-electron chi connectivity index (χ1n) is 13.6. The van der Waals surface area contributed by atoms with Gasteiger partial charge in [-0.05, 0) is 60.4 Å². The molecule has 0 aliphatic carbocycles. The van der Waals surface area contributed by atoms with Crippen LogP contribution in [0.15, 0.2) is 53.4 Å². The molecule has 2 heterocycles. The highest BCUT2D eigenvalue weighted by molar-refractivity contribution is 7.90. The predicted molar refractivity (Wildman–Crippen MR) is 155 cm³/mol. The molecule has 5 rings (SSSR count). The molecule has 1 fully saturated rings. The van der Waals surface area contributed by atoms with E-state index in [0.29, 0.717) is 46.8 Å². The van der Waals surface area contributed by atoms with E-state index >= 15 is 0 Å². The molecule has 0 bridgehead atoms. The van der Waals surface area contributed by atoms with Gasteiger partial charge in [0, 0.05) is 6.26 Å². The molecule has 0 radical (unpaired) electrons. The normalized spacial score (nSPS) is 18.0. The second-order valence-electron chi connectivity index (χ2n) is 10.1. The molecule has 3 aromatic carbocycles. The van der Waals surface area contributed by atoms with Crippen LogP contribution in [0.2, 0.25) is 0 Å². The van der Waals surface area contributed by atoms with Crippen molar-refractivity contribution >= 4 is 21.7 Å². The van der Waals surface area contributed by atoms with Gasteiger partial charge in [0.1, 0.15) is 11.5 Å². The summed E-state index contributed by atoms with van der Waals surface area (Å²) in [5.74, 6) is 0.846. The van der Waals surface area contributed by atoms with Crippen molar-refractivity contribution in [2.75, 3.05) is 47.8 Å². The number of carbonyl (C=O) groups is 2. The van der Waals surface area contributed by atoms with E-state index in [4.69, 9.17) is 28.4 Å². The summed E-state index contributed by atoms with van der Waals surface area (Å²) < 4.78 is 60.1. The fourth-order valence-electron chi connectivity index (χ4n) is 5.45. The standard InChI is InChI=1S/C31H33NO10S/c1-37-24-14-18(15-25(38-2)28(24)40-4)22-10-11-23(42-22)19-16-26(39-3)29(27(17-19)43(5,35)36)41-13-12-32-30(33)20-8-6-7-9-21(20)31(32)34/h6-9,14-17,22-23H,10-13H2,1-5H3. The second-order valence-corrected chi connectivity index (χ2v) is 12.1. The molecule has 12 heteroatoms. The SMILES string of the molecule is COc1cc(C2CCC(c3cc(OC)c(OCCN4C(=O)c5ccccc5C4=O)c(S(C)(=O)=O)c3)O2)cc(OC)c1OC. The number of hydrogen-bond donors (Lipinski definition) is 0. The number of rotatable bonds is 11. The minimum Gasteiger partial charge on any atom is -0.493 e. The molecule has 0 spiro atoms. The molecule has 2 unspecified atom stereocenters. The molecule has 2 aliphatic rings. The maximum atomic E-state index is 12.9. The third kappa shape index (κ3) is 5.72. The van der Waals surface area contributed by atoms with Gasteiger partial charge in [-0.25, -0.2) is 8.42 Å². The summed E-state index contributed by atoms with van der Waals surface area (Å²) in [6.07, 6.45) is 1.64. The Morgan fingerprint density at radius 2 is 1.26 bits per heavy atom. The van der Waals surface area contributed by atoms with Gasteiger partial charge >= 0.3 is 0 Å². The van der Waals surface area contributed by atoms with Gasteiger partial charge in [-0.1, -0.05) is 12.1 Å². The first-order chi connectivity index (χ1) is 20.6. The van der Waals surface area contributed by atoms with Crippen molar-refractivity contribution in [1.82, 2.24) is 4.90 Å². The van der Waals surface area contributed by atoms with Crippen LogP contribution in [0.3, 0.4) is 0 Å². The zero-order chi connectivity index (χ0) is 30.9. The number of fused-ring (bicyclic) bond motifs is 1. The lowest BCUT2D eigenvalue weighted by atomic mass is 10.0. The minimum atomic E-state index is -3.78. The average molecular weight is 612 g/mol. The number of nitrogens with zero attached hydrogens (tertiary/aromatic N) is 1. The van der Waals surface area contributed by atoms with Gasteiger partial charge in [-0.15, -0.1) is 0 Å². The highest BCUT2D eigenvalue weighted by atomic mass is 32.2. The van der Waals surface area contributed by atoms with Gasteiger partial charge in [0.15, 0.2) is 32.8 Å². The Morgan fingerprint density at radius 3 is 1.72 bits per heavy atom. The topological polar surface area (TPSA) is 127 Å². The molecule has 228 valence electrons. The second kappa shape index (κ2) is 12.1. The quantitative estimate of drug-likeness (QED) is 0.288. The number of imide groups is 1. The fraction of sp³-hybridized carbons (Fsp3) is 0.355. The van der Waals surface area contributed by atoms with E-state index in [0.717, 1.165) is 16.7 Å². The lowest BCUT2D eigenvalue weighted by molar-refractivity contribution is 0.0434. The Kier molecular flexibility index (Phi) is 8.52. The molecular formula is C31H33NO10S. The lowest BCUT2D eigenvalue weighted by Gasteiger charge is -2.21. The third-order valence-electron chi connectivity index (χ3n) is 7.55. The number of sulfone groups is 1. The molecule has 2 atom stereocenters. The van der Waals surface area contributed by atoms with E-state index in [1.807, 2.05) is 12.1 Å². The monoisotopic (exact) mass is 611 g/mol. The van der Waals surface area contributed by atoms with Crippen LogP contribution < -0.4 is 23.7 Å². The Bertz CT molecular complexity index is 1610. The van der Waals surface area contributed by atoms with Gasteiger partial charge < -0.3 is 28.4 Å². The first kappa shape index (κ1) is 30.2. The average Bonchev–Trinajstić information content (AvgIpc) is 3.59. The smallest absolute Gasteiger partial charge is 0.261 e. The van der Waals surface area contributed by atoms with Crippen molar-refractivity contribution in [3.8, 4) is 28.7 Å². The summed E-state index contributed by atoms with van der Waals surface area (Å²) in [6.45, 7) is -0.199. The number of ether oxygens (including phenoxy) is 6. The third-order valence-corrected chi connectivity index (χ3v) is 8.65. The van der Waals surface area contributed by atoms with Crippen LogP contribution in [0.25, 0.3) is 0 Å². The Hall–Kier alpha value is -4.29. The van der Waals surface area contributed by atoms with Crippen LogP contribution in [0.4, 0.5) is 0 Å². The van der Waals surface area contributed by atoms with E-state index in [1.54, 1.807) is 44.6 Å². The number of hydrogen-bond acceptors (Lipinski definition) is 10. The first-order valence-corrected chi connectivity index (χ1v) is 15.5. The van der Waals surface area contributed by atoms with Gasteiger partial charge in [-0.3, -0.25) is 14.5 Å². The maximum absolute atomic E-state index is 12.9. The van der Waals surface area contributed by atoms with E-state index in [-0.39, 0.29) is 35.7 Å². The van der Waals surface area contributed by atoms with Crippen molar-refractivity contribution < 1.29 is 46.4 Å². The van der Waals surface area contributed by atoms with Crippen LogP contribution >= 0.6 is 0 Å². The summed E-state index contributed by atoms with van der Waals surface area (Å²) in [5.41, 5.74) is 2.10. The number of carbonyl (C=O) groups excluding carboxylic acids is 2. The molecular weight excluding hydrogens is 578 g/mol. The van der Waals surface area contributed by atoms with Crippen LogP contribution in [0, 0.1) is 0 Å². The molecule has 0 N–H and O–H groups in total. The van der Waals surface area contributed by atoms with E-state index in [1.165, 1.54) is 20.3 Å².